The molecule has 32 heavy (non-hydrogen) atoms. The molecular formula is C24H27BrN2O5. The first-order chi connectivity index (χ1) is 15.3. The molecule has 2 aromatic heterocycles. The Morgan fingerprint density at radius 3 is 2.66 bits per heavy atom. The van der Waals surface area contributed by atoms with Crippen molar-refractivity contribution >= 4 is 33.0 Å². The van der Waals surface area contributed by atoms with Gasteiger partial charge in [0.05, 0.1) is 10.6 Å². The van der Waals surface area contributed by atoms with E-state index in [9.17, 15) is 4.79 Å². The lowest BCUT2D eigenvalue weighted by Crippen LogP contribution is -2.33. The van der Waals surface area contributed by atoms with Gasteiger partial charge in [0.1, 0.15) is 30.0 Å². The van der Waals surface area contributed by atoms with Crippen molar-refractivity contribution in [2.75, 3.05) is 6.61 Å². The Balaban J connectivity index is 1.45. The number of fused-ring (bicyclic) bond motifs is 1. The molecule has 7 nitrogen and oxygen atoms in total. The van der Waals surface area contributed by atoms with Crippen LogP contribution in [0.3, 0.4) is 0 Å². The smallest absolute Gasteiger partial charge is 0.332 e. The normalized spacial score (nSPS) is 19.1. The van der Waals surface area contributed by atoms with Gasteiger partial charge >= 0.3 is 5.97 Å². The van der Waals surface area contributed by atoms with Crippen LogP contribution in [0.5, 0.6) is 5.88 Å². The molecule has 8 heteroatoms. The molecule has 0 bridgehead atoms. The second kappa shape index (κ2) is 9.58. The van der Waals surface area contributed by atoms with Crippen molar-refractivity contribution in [3.05, 3.63) is 41.1 Å². The summed E-state index contributed by atoms with van der Waals surface area (Å²) in [4.78, 5) is 20.6. The van der Waals surface area contributed by atoms with Crippen LogP contribution < -0.4 is 4.74 Å². The third-order valence-electron chi connectivity index (χ3n) is 5.14. The van der Waals surface area contributed by atoms with Crippen molar-refractivity contribution in [2.24, 2.45) is 0 Å². The minimum absolute atomic E-state index is 0.0554. The van der Waals surface area contributed by atoms with Gasteiger partial charge in [0.2, 0.25) is 11.6 Å². The van der Waals surface area contributed by atoms with E-state index in [4.69, 9.17) is 18.6 Å². The van der Waals surface area contributed by atoms with Crippen molar-refractivity contribution in [2.45, 2.75) is 64.3 Å². The van der Waals surface area contributed by atoms with Crippen LogP contribution >= 0.6 is 15.9 Å². The van der Waals surface area contributed by atoms with Gasteiger partial charge in [-0.1, -0.05) is 30.3 Å². The second-order valence-corrected chi connectivity index (χ2v) is 9.69. The van der Waals surface area contributed by atoms with Crippen LogP contribution in [0, 0.1) is 0 Å². The van der Waals surface area contributed by atoms with E-state index in [0.717, 1.165) is 29.3 Å². The maximum Gasteiger partial charge on any atom is 0.332 e. The Morgan fingerprint density at radius 1 is 1.16 bits per heavy atom. The van der Waals surface area contributed by atoms with Crippen molar-refractivity contribution in [1.29, 1.82) is 0 Å². The maximum absolute atomic E-state index is 12.0. The molecule has 2 heterocycles. The number of benzene rings is 1. The zero-order valence-corrected chi connectivity index (χ0v) is 20.1. The molecule has 3 aromatic rings. The molecule has 0 radical (unpaired) electrons. The summed E-state index contributed by atoms with van der Waals surface area (Å²) in [7, 11) is 0. The van der Waals surface area contributed by atoms with E-state index in [2.05, 4.69) is 25.9 Å². The highest BCUT2D eigenvalue weighted by Gasteiger charge is 2.28. The standard InChI is InChI=1S/C24H27BrN2O5/c1-24(2,3)32-18(28)13-29-16-10-7-11-17(12-16)30-22-19-20(25)21(15-8-5-4-6-9-15)31-23(19)27-14-26-22/h4-6,8-9,14,16-17H,7,10-13H2,1-3H3. The molecule has 1 saturated carbocycles. The number of rotatable bonds is 6. The second-order valence-electron chi connectivity index (χ2n) is 8.90. The van der Waals surface area contributed by atoms with E-state index in [1.54, 1.807) is 0 Å². The number of aromatic nitrogens is 2. The van der Waals surface area contributed by atoms with Gasteiger partial charge in [0, 0.05) is 12.0 Å². The van der Waals surface area contributed by atoms with Gasteiger partial charge in [-0.25, -0.2) is 14.8 Å². The van der Waals surface area contributed by atoms with E-state index in [1.165, 1.54) is 6.33 Å². The number of ether oxygens (including phenoxy) is 3. The number of nitrogens with zero attached hydrogens (tertiary/aromatic N) is 2. The lowest BCUT2D eigenvalue weighted by atomic mass is 9.95. The van der Waals surface area contributed by atoms with Gasteiger partial charge in [-0.05, 0) is 56.0 Å². The zero-order chi connectivity index (χ0) is 22.7. The Bertz CT molecular complexity index is 1080. The van der Waals surface area contributed by atoms with Gasteiger partial charge in [0.15, 0.2) is 5.76 Å². The average Bonchev–Trinajstić information content (AvgIpc) is 3.10. The van der Waals surface area contributed by atoms with Gasteiger partial charge in [-0.15, -0.1) is 0 Å². The molecule has 4 rings (SSSR count). The van der Waals surface area contributed by atoms with Crippen LogP contribution in [0.1, 0.15) is 46.5 Å². The molecule has 1 aromatic carbocycles. The predicted molar refractivity (Wildman–Crippen MR) is 123 cm³/mol. The van der Waals surface area contributed by atoms with E-state index in [1.807, 2.05) is 51.1 Å². The summed E-state index contributed by atoms with van der Waals surface area (Å²) in [5.41, 5.74) is 0.888. The highest BCUT2D eigenvalue weighted by Crippen LogP contribution is 2.41. The molecule has 0 amide bonds. The minimum atomic E-state index is -0.520. The molecule has 1 aliphatic rings. The monoisotopic (exact) mass is 502 g/mol. The van der Waals surface area contributed by atoms with Crippen molar-refractivity contribution < 1.29 is 23.4 Å². The SMILES string of the molecule is CC(C)(C)OC(=O)COC1CCCC(Oc2ncnc3oc(-c4ccccc4)c(Br)c23)C1. The number of furan rings is 1. The Kier molecular flexibility index (Phi) is 6.81. The topological polar surface area (TPSA) is 83.7 Å². The number of hydrogen-bond acceptors (Lipinski definition) is 7. The van der Waals surface area contributed by atoms with Crippen LogP contribution in [0.4, 0.5) is 0 Å². The summed E-state index contributed by atoms with van der Waals surface area (Å²) >= 11 is 3.65. The number of esters is 1. The first-order valence-electron chi connectivity index (χ1n) is 10.8. The molecular weight excluding hydrogens is 476 g/mol. The molecule has 2 unspecified atom stereocenters. The van der Waals surface area contributed by atoms with Gasteiger partial charge < -0.3 is 18.6 Å². The fourth-order valence-corrected chi connectivity index (χ4v) is 4.46. The highest BCUT2D eigenvalue weighted by atomic mass is 79.9. The lowest BCUT2D eigenvalue weighted by molar-refractivity contribution is -0.163. The van der Waals surface area contributed by atoms with Crippen LogP contribution in [0.25, 0.3) is 22.4 Å². The molecule has 2 atom stereocenters. The molecule has 170 valence electrons. The van der Waals surface area contributed by atoms with E-state index < -0.39 is 5.60 Å². The van der Waals surface area contributed by atoms with Gasteiger partial charge in [-0.2, -0.15) is 0 Å². The zero-order valence-electron chi connectivity index (χ0n) is 18.5. The Labute approximate surface area is 195 Å². The molecule has 0 N–H and O–H groups in total. The molecule has 0 aliphatic heterocycles. The predicted octanol–water partition coefficient (Wildman–Crippen LogP) is 5.70. The third-order valence-corrected chi connectivity index (χ3v) is 5.90. The molecule has 1 aliphatic carbocycles. The average molecular weight is 503 g/mol. The number of halogens is 1. The summed E-state index contributed by atoms with van der Waals surface area (Å²) < 4.78 is 24.2. The first-order valence-corrected chi connectivity index (χ1v) is 11.6. The van der Waals surface area contributed by atoms with E-state index in [0.29, 0.717) is 29.2 Å². The third kappa shape index (κ3) is 5.48. The number of carbonyl (C=O) groups excluding carboxylic acids is 1. The fourth-order valence-electron chi connectivity index (χ4n) is 3.81. The summed E-state index contributed by atoms with van der Waals surface area (Å²) in [6.07, 6.45) is 4.70. The van der Waals surface area contributed by atoms with Crippen LogP contribution in [0.2, 0.25) is 0 Å². The number of hydrogen-bond donors (Lipinski definition) is 0. The molecule has 0 saturated heterocycles. The quantitative estimate of drug-likeness (QED) is 0.399. The van der Waals surface area contributed by atoms with E-state index >= 15 is 0 Å². The van der Waals surface area contributed by atoms with Crippen LogP contribution in [-0.2, 0) is 14.3 Å². The summed E-state index contributed by atoms with van der Waals surface area (Å²) in [5, 5.41) is 0.711. The largest absolute Gasteiger partial charge is 0.474 e. The summed E-state index contributed by atoms with van der Waals surface area (Å²) in [6.45, 7) is 5.47. The highest BCUT2D eigenvalue weighted by molar-refractivity contribution is 9.10. The first kappa shape index (κ1) is 22.7. The maximum atomic E-state index is 12.0. The van der Waals surface area contributed by atoms with Crippen LogP contribution in [0.15, 0.2) is 45.5 Å². The fraction of sp³-hybridized carbons (Fsp3) is 0.458. The number of carbonyl (C=O) groups is 1. The van der Waals surface area contributed by atoms with Crippen molar-refractivity contribution in [3.63, 3.8) is 0 Å². The van der Waals surface area contributed by atoms with Crippen LogP contribution in [-0.4, -0.2) is 40.4 Å². The lowest BCUT2D eigenvalue weighted by Gasteiger charge is -2.29. The summed E-state index contributed by atoms with van der Waals surface area (Å²) in [6, 6.07) is 9.82. The van der Waals surface area contributed by atoms with Crippen molar-refractivity contribution in [1.82, 2.24) is 9.97 Å². The Morgan fingerprint density at radius 2 is 1.91 bits per heavy atom. The van der Waals surface area contributed by atoms with Gasteiger partial charge in [0.25, 0.3) is 0 Å². The van der Waals surface area contributed by atoms with Crippen molar-refractivity contribution in [3.8, 4) is 17.2 Å². The summed E-state index contributed by atoms with van der Waals surface area (Å²) in [5.74, 6) is 0.813. The molecule has 0 spiro atoms. The van der Waals surface area contributed by atoms with Gasteiger partial charge in [-0.3, -0.25) is 0 Å². The van der Waals surface area contributed by atoms with E-state index in [-0.39, 0.29) is 24.8 Å². The Hall–Kier alpha value is -2.45. The molecule has 1 fully saturated rings. The minimum Gasteiger partial charge on any atom is -0.474 e.